The maximum atomic E-state index is 5.82. The van der Waals surface area contributed by atoms with Crippen molar-refractivity contribution in [3.05, 3.63) is 22.7 Å². The van der Waals surface area contributed by atoms with Gasteiger partial charge in [0.2, 0.25) is 0 Å². The van der Waals surface area contributed by atoms with Gasteiger partial charge in [0.25, 0.3) is 0 Å². The van der Waals surface area contributed by atoms with Crippen molar-refractivity contribution in [3.8, 4) is 0 Å². The number of hydrogen-bond acceptors (Lipinski definition) is 2. The molecule has 0 unspecified atom stereocenters. The highest BCUT2D eigenvalue weighted by Crippen LogP contribution is 2.19. The van der Waals surface area contributed by atoms with E-state index in [1.54, 1.807) is 0 Å². The highest BCUT2D eigenvalue weighted by molar-refractivity contribution is 5.89. The maximum absolute atomic E-state index is 5.82. The molecule has 1 aliphatic carbocycles. The van der Waals surface area contributed by atoms with Crippen molar-refractivity contribution in [2.24, 2.45) is 0 Å². The minimum absolute atomic E-state index is 0.640. The van der Waals surface area contributed by atoms with E-state index in [0.29, 0.717) is 11.4 Å². The summed E-state index contributed by atoms with van der Waals surface area (Å²) in [5, 5.41) is 3.64. The third kappa shape index (κ3) is 1.13. The Balaban J connectivity index is 2.55. The lowest BCUT2D eigenvalue weighted by Crippen LogP contribution is -2.24. The van der Waals surface area contributed by atoms with E-state index in [-0.39, 0.29) is 0 Å². The van der Waals surface area contributed by atoms with Crippen molar-refractivity contribution in [2.45, 2.75) is 12.8 Å². The third-order valence-electron chi connectivity index (χ3n) is 2.94. The Morgan fingerprint density at radius 1 is 1.00 bits per heavy atom. The number of fused-ring (bicyclic) bond motifs is 3. The van der Waals surface area contributed by atoms with E-state index < -0.39 is 0 Å². The van der Waals surface area contributed by atoms with Crippen LogP contribution in [0, 0.1) is 0 Å². The fourth-order valence-corrected chi connectivity index (χ4v) is 2.15. The number of nitrogens with one attached hydrogen (secondary N) is 1. The molecule has 2 aromatic rings. The molecular formula is C12H13N3. The Labute approximate surface area is 87.1 Å². The molecule has 15 heavy (non-hydrogen) atoms. The average Bonchev–Trinajstić information content (AvgIpc) is 2.57. The van der Waals surface area contributed by atoms with Crippen LogP contribution < -0.4 is 22.0 Å². The predicted molar refractivity (Wildman–Crippen MR) is 64.5 cm³/mol. The second-order valence-corrected chi connectivity index (χ2v) is 3.96. The van der Waals surface area contributed by atoms with Gasteiger partial charge in [0, 0.05) is 21.5 Å². The Morgan fingerprint density at radius 2 is 1.73 bits per heavy atom. The first-order chi connectivity index (χ1) is 7.25. The third-order valence-corrected chi connectivity index (χ3v) is 2.94. The second-order valence-electron chi connectivity index (χ2n) is 3.96. The lowest BCUT2D eigenvalue weighted by Gasteiger charge is -1.99. The van der Waals surface area contributed by atoms with Crippen LogP contribution in [-0.4, -0.2) is 4.98 Å². The normalized spacial score (nSPS) is 14.4. The average molecular weight is 199 g/mol. The largest absolute Gasteiger partial charge is 0.397 e. The number of benzene rings is 1. The Kier molecular flexibility index (Phi) is 1.57. The van der Waals surface area contributed by atoms with Crippen LogP contribution in [0.2, 0.25) is 0 Å². The summed E-state index contributed by atoms with van der Waals surface area (Å²) in [5.74, 6) is 0. The molecule has 1 aliphatic rings. The molecule has 1 aromatic heterocycles. The van der Waals surface area contributed by atoms with Gasteiger partial charge in [0.1, 0.15) is 0 Å². The Morgan fingerprint density at radius 3 is 2.60 bits per heavy atom. The van der Waals surface area contributed by atoms with Gasteiger partial charge >= 0.3 is 0 Å². The van der Waals surface area contributed by atoms with Gasteiger partial charge in [0.05, 0.1) is 11.4 Å². The van der Waals surface area contributed by atoms with Crippen LogP contribution in [0.1, 0.15) is 12.8 Å². The first kappa shape index (κ1) is 8.41. The number of rotatable bonds is 0. The summed E-state index contributed by atoms with van der Waals surface area (Å²) in [6.45, 7) is 0. The summed E-state index contributed by atoms with van der Waals surface area (Å²) in [7, 11) is 0. The molecule has 1 aromatic carbocycles. The smallest absolute Gasteiger partial charge is 0.0569 e. The molecule has 3 nitrogen and oxygen atoms in total. The van der Waals surface area contributed by atoms with E-state index >= 15 is 0 Å². The number of anilines is 2. The second kappa shape index (κ2) is 2.79. The van der Waals surface area contributed by atoms with E-state index in [1.807, 2.05) is 12.1 Å². The molecule has 0 fully saturated rings. The van der Waals surface area contributed by atoms with E-state index in [4.69, 9.17) is 11.5 Å². The molecule has 0 spiro atoms. The first-order valence-electron chi connectivity index (χ1n) is 5.13. The molecule has 76 valence electrons. The summed E-state index contributed by atoms with van der Waals surface area (Å²) < 4.78 is 0. The fraction of sp³-hybridized carbons (Fsp3) is 0.167. The van der Waals surface area contributed by atoms with Gasteiger partial charge in [-0.2, -0.15) is 0 Å². The quantitative estimate of drug-likeness (QED) is 0.546. The van der Waals surface area contributed by atoms with Gasteiger partial charge in [-0.3, -0.25) is 0 Å². The highest BCUT2D eigenvalue weighted by Gasteiger charge is 2.05. The van der Waals surface area contributed by atoms with Crippen LogP contribution >= 0.6 is 0 Å². The van der Waals surface area contributed by atoms with E-state index in [1.165, 1.54) is 16.0 Å². The molecule has 0 atom stereocenters. The van der Waals surface area contributed by atoms with Crippen LogP contribution in [0.15, 0.2) is 12.1 Å². The van der Waals surface area contributed by atoms with Crippen molar-refractivity contribution < 1.29 is 0 Å². The van der Waals surface area contributed by atoms with Gasteiger partial charge in [-0.05, 0) is 25.0 Å². The lowest BCUT2D eigenvalue weighted by atomic mass is 10.1. The van der Waals surface area contributed by atoms with Crippen molar-refractivity contribution in [1.82, 2.24) is 4.98 Å². The fourth-order valence-electron chi connectivity index (χ4n) is 2.15. The van der Waals surface area contributed by atoms with Gasteiger partial charge in [0.15, 0.2) is 0 Å². The van der Waals surface area contributed by atoms with Crippen LogP contribution in [0.5, 0.6) is 0 Å². The zero-order valence-corrected chi connectivity index (χ0v) is 8.38. The number of nitrogens with two attached hydrogens (primary N) is 2. The number of H-pyrrole nitrogens is 1. The lowest BCUT2D eigenvalue weighted by molar-refractivity contribution is 1.11. The molecule has 3 rings (SSSR count). The van der Waals surface area contributed by atoms with Crippen LogP contribution in [-0.2, 0) is 0 Å². The van der Waals surface area contributed by atoms with E-state index in [9.17, 15) is 0 Å². The number of hydrogen-bond donors (Lipinski definition) is 3. The van der Waals surface area contributed by atoms with E-state index in [2.05, 4.69) is 17.1 Å². The molecule has 0 saturated heterocycles. The number of aromatic nitrogens is 1. The van der Waals surface area contributed by atoms with Gasteiger partial charge in [-0.1, -0.05) is 12.2 Å². The summed E-state index contributed by atoms with van der Waals surface area (Å²) in [4.78, 5) is 3.36. The topological polar surface area (TPSA) is 67.8 Å². The summed E-state index contributed by atoms with van der Waals surface area (Å²) in [5.41, 5.74) is 14.0. The van der Waals surface area contributed by atoms with Crippen molar-refractivity contribution in [3.63, 3.8) is 0 Å². The zero-order chi connectivity index (χ0) is 10.4. The summed E-state index contributed by atoms with van der Waals surface area (Å²) in [6.07, 6.45) is 6.68. The molecule has 0 saturated carbocycles. The SMILES string of the molecule is Nc1cc2[nH]c3c(c2cc1N)=CCCC=3. The highest BCUT2D eigenvalue weighted by atomic mass is 14.7. The summed E-state index contributed by atoms with van der Waals surface area (Å²) in [6, 6.07) is 3.86. The minimum Gasteiger partial charge on any atom is -0.397 e. The monoisotopic (exact) mass is 199 g/mol. The zero-order valence-electron chi connectivity index (χ0n) is 8.38. The van der Waals surface area contributed by atoms with Gasteiger partial charge < -0.3 is 16.5 Å². The molecular weight excluding hydrogens is 186 g/mol. The van der Waals surface area contributed by atoms with Crippen molar-refractivity contribution in [1.29, 1.82) is 0 Å². The molecule has 3 heteroatoms. The minimum atomic E-state index is 0.640. The Bertz CT molecular complexity index is 650. The summed E-state index contributed by atoms with van der Waals surface area (Å²) >= 11 is 0. The van der Waals surface area contributed by atoms with E-state index in [0.717, 1.165) is 18.4 Å². The molecule has 1 heterocycles. The molecule has 0 aliphatic heterocycles. The molecule has 0 bridgehead atoms. The number of aromatic amines is 1. The van der Waals surface area contributed by atoms with Crippen LogP contribution in [0.4, 0.5) is 11.4 Å². The van der Waals surface area contributed by atoms with Crippen molar-refractivity contribution >= 4 is 34.4 Å². The molecule has 0 radical (unpaired) electrons. The molecule has 5 N–H and O–H groups in total. The predicted octanol–water partition coefficient (Wildman–Crippen LogP) is 0.687. The Hall–Kier alpha value is -1.90. The standard InChI is InChI=1S/C12H13N3/c13-9-5-8-7-3-1-2-4-11(7)15-12(8)6-10(9)14/h3-6,15H,1-2,13-14H2. The van der Waals surface area contributed by atoms with Crippen molar-refractivity contribution in [2.75, 3.05) is 11.5 Å². The maximum Gasteiger partial charge on any atom is 0.0569 e. The first-order valence-corrected chi connectivity index (χ1v) is 5.13. The molecule has 0 amide bonds. The van der Waals surface area contributed by atoms with Crippen LogP contribution in [0.25, 0.3) is 23.1 Å². The van der Waals surface area contributed by atoms with Gasteiger partial charge in [-0.15, -0.1) is 0 Å². The number of nitrogen functional groups attached to an aromatic ring is 2. The van der Waals surface area contributed by atoms with Crippen LogP contribution in [0.3, 0.4) is 0 Å². The van der Waals surface area contributed by atoms with Gasteiger partial charge in [-0.25, -0.2) is 0 Å².